The lowest BCUT2D eigenvalue weighted by Gasteiger charge is -2.08. The first-order valence-corrected chi connectivity index (χ1v) is 8.52. The van der Waals surface area contributed by atoms with Crippen molar-refractivity contribution in [3.05, 3.63) is 71.5 Å². The second-order valence-electron chi connectivity index (χ2n) is 4.80. The first kappa shape index (κ1) is 15.6. The second kappa shape index (κ2) is 6.89. The van der Waals surface area contributed by atoms with Gasteiger partial charge in [-0.3, -0.25) is 4.79 Å². The van der Waals surface area contributed by atoms with E-state index in [2.05, 4.69) is 10.4 Å². The average molecular weight is 344 g/mol. The SMILES string of the molecule is CSc1ccc(NC(=O)c2ccc(-n3cccn3)cc2)cc1Cl. The van der Waals surface area contributed by atoms with E-state index in [1.54, 1.807) is 40.8 Å². The highest BCUT2D eigenvalue weighted by atomic mass is 35.5. The van der Waals surface area contributed by atoms with Gasteiger partial charge < -0.3 is 5.32 Å². The fraction of sp³-hybridized carbons (Fsp3) is 0.0588. The number of hydrogen-bond donors (Lipinski definition) is 1. The number of nitrogens with zero attached hydrogens (tertiary/aromatic N) is 2. The van der Waals surface area contributed by atoms with Crippen molar-refractivity contribution < 1.29 is 4.79 Å². The predicted octanol–water partition coefficient (Wildman–Crippen LogP) is 4.50. The van der Waals surface area contributed by atoms with E-state index in [9.17, 15) is 4.79 Å². The van der Waals surface area contributed by atoms with Gasteiger partial charge in [-0.15, -0.1) is 11.8 Å². The fourth-order valence-electron chi connectivity index (χ4n) is 2.13. The van der Waals surface area contributed by atoms with Gasteiger partial charge in [-0.25, -0.2) is 4.68 Å². The first-order valence-electron chi connectivity index (χ1n) is 6.92. The lowest BCUT2D eigenvalue weighted by molar-refractivity contribution is 0.102. The Hall–Kier alpha value is -2.24. The van der Waals surface area contributed by atoms with Gasteiger partial charge in [0.05, 0.1) is 10.7 Å². The molecule has 1 N–H and O–H groups in total. The maximum absolute atomic E-state index is 12.3. The molecule has 1 amide bonds. The Bertz CT molecular complexity index is 816. The lowest BCUT2D eigenvalue weighted by Crippen LogP contribution is -2.12. The van der Waals surface area contributed by atoms with Crippen molar-refractivity contribution >= 4 is 35.0 Å². The molecule has 6 heteroatoms. The average Bonchev–Trinajstić information content (AvgIpc) is 3.09. The lowest BCUT2D eigenvalue weighted by atomic mass is 10.2. The number of nitrogens with one attached hydrogen (secondary N) is 1. The van der Waals surface area contributed by atoms with Crippen LogP contribution < -0.4 is 5.32 Å². The minimum Gasteiger partial charge on any atom is -0.322 e. The molecule has 0 aliphatic heterocycles. The van der Waals surface area contributed by atoms with Crippen LogP contribution in [0.25, 0.3) is 5.69 Å². The fourth-order valence-corrected chi connectivity index (χ4v) is 3.00. The minimum atomic E-state index is -0.176. The molecule has 2 aromatic carbocycles. The van der Waals surface area contributed by atoms with Gasteiger partial charge in [0.1, 0.15) is 0 Å². The van der Waals surface area contributed by atoms with Crippen LogP contribution in [0.15, 0.2) is 65.8 Å². The van der Waals surface area contributed by atoms with E-state index in [-0.39, 0.29) is 5.91 Å². The smallest absolute Gasteiger partial charge is 0.255 e. The van der Waals surface area contributed by atoms with Crippen LogP contribution >= 0.6 is 23.4 Å². The van der Waals surface area contributed by atoms with Gasteiger partial charge >= 0.3 is 0 Å². The van der Waals surface area contributed by atoms with Crippen molar-refractivity contribution in [1.29, 1.82) is 0 Å². The van der Waals surface area contributed by atoms with Crippen molar-refractivity contribution in [2.24, 2.45) is 0 Å². The Morgan fingerprint density at radius 3 is 2.61 bits per heavy atom. The molecule has 116 valence electrons. The number of halogens is 1. The number of aromatic nitrogens is 2. The maximum Gasteiger partial charge on any atom is 0.255 e. The molecule has 0 aliphatic rings. The highest BCUT2D eigenvalue weighted by molar-refractivity contribution is 7.98. The molecule has 0 fully saturated rings. The number of amides is 1. The third-order valence-corrected chi connectivity index (χ3v) is 4.53. The van der Waals surface area contributed by atoms with Crippen LogP contribution in [0.1, 0.15) is 10.4 Å². The van der Waals surface area contributed by atoms with Gasteiger partial charge in [-0.2, -0.15) is 5.10 Å². The molecule has 0 bridgehead atoms. The van der Waals surface area contributed by atoms with E-state index in [1.807, 2.05) is 42.8 Å². The zero-order chi connectivity index (χ0) is 16.2. The van der Waals surface area contributed by atoms with Gasteiger partial charge in [0.2, 0.25) is 0 Å². The standard InChI is InChI=1S/C17H14ClN3OS/c1-23-16-8-5-13(11-15(16)18)20-17(22)12-3-6-14(7-4-12)21-10-2-9-19-21/h2-11H,1H3,(H,20,22). The second-order valence-corrected chi connectivity index (χ2v) is 6.06. The Morgan fingerprint density at radius 1 is 1.22 bits per heavy atom. The molecule has 4 nitrogen and oxygen atoms in total. The van der Waals surface area contributed by atoms with Crippen molar-refractivity contribution in [3.8, 4) is 5.69 Å². The number of rotatable bonds is 4. The molecule has 1 heterocycles. The molecule has 3 rings (SSSR count). The zero-order valence-corrected chi connectivity index (χ0v) is 13.9. The third kappa shape index (κ3) is 3.57. The third-order valence-electron chi connectivity index (χ3n) is 3.31. The van der Waals surface area contributed by atoms with Crippen molar-refractivity contribution in [1.82, 2.24) is 9.78 Å². The van der Waals surface area contributed by atoms with Crippen LogP contribution in [-0.2, 0) is 0 Å². The van der Waals surface area contributed by atoms with E-state index < -0.39 is 0 Å². The van der Waals surface area contributed by atoms with Crippen LogP contribution in [0.5, 0.6) is 0 Å². The van der Waals surface area contributed by atoms with Gasteiger partial charge in [0, 0.05) is 28.5 Å². The van der Waals surface area contributed by atoms with E-state index in [0.29, 0.717) is 16.3 Å². The van der Waals surface area contributed by atoms with Gasteiger partial charge in [0.25, 0.3) is 5.91 Å². The van der Waals surface area contributed by atoms with Gasteiger partial charge in [0.15, 0.2) is 0 Å². The molecule has 0 saturated carbocycles. The van der Waals surface area contributed by atoms with E-state index in [0.717, 1.165) is 10.6 Å². The summed E-state index contributed by atoms with van der Waals surface area (Å²) < 4.78 is 1.74. The van der Waals surface area contributed by atoms with E-state index in [4.69, 9.17) is 11.6 Å². The minimum absolute atomic E-state index is 0.176. The monoisotopic (exact) mass is 343 g/mol. The summed E-state index contributed by atoms with van der Waals surface area (Å²) in [7, 11) is 0. The Morgan fingerprint density at radius 2 is 2.00 bits per heavy atom. The molecule has 0 saturated heterocycles. The molecule has 3 aromatic rings. The molecule has 0 spiro atoms. The van der Waals surface area contributed by atoms with E-state index >= 15 is 0 Å². The summed E-state index contributed by atoms with van der Waals surface area (Å²) in [5, 5.41) is 7.63. The normalized spacial score (nSPS) is 10.5. The van der Waals surface area contributed by atoms with Crippen LogP contribution in [0, 0.1) is 0 Å². The summed E-state index contributed by atoms with van der Waals surface area (Å²) in [6.45, 7) is 0. The summed E-state index contributed by atoms with van der Waals surface area (Å²) >= 11 is 7.72. The number of anilines is 1. The summed E-state index contributed by atoms with van der Waals surface area (Å²) in [5.74, 6) is -0.176. The highest BCUT2D eigenvalue weighted by Crippen LogP contribution is 2.28. The van der Waals surface area contributed by atoms with E-state index in [1.165, 1.54) is 0 Å². The number of benzene rings is 2. The number of carbonyl (C=O) groups is 1. The molecule has 0 unspecified atom stereocenters. The molecule has 0 aliphatic carbocycles. The number of thioether (sulfide) groups is 1. The highest BCUT2D eigenvalue weighted by Gasteiger charge is 2.08. The van der Waals surface area contributed by atoms with Crippen LogP contribution in [0.4, 0.5) is 5.69 Å². The van der Waals surface area contributed by atoms with Crippen molar-refractivity contribution in [2.75, 3.05) is 11.6 Å². The molecule has 0 radical (unpaired) electrons. The zero-order valence-electron chi connectivity index (χ0n) is 12.4. The number of carbonyl (C=O) groups excluding carboxylic acids is 1. The Labute approximate surface area is 143 Å². The molecule has 0 atom stereocenters. The number of hydrogen-bond acceptors (Lipinski definition) is 3. The predicted molar refractivity (Wildman–Crippen MR) is 94.8 cm³/mol. The summed E-state index contributed by atoms with van der Waals surface area (Å²) in [6, 6.07) is 14.6. The quantitative estimate of drug-likeness (QED) is 0.709. The Balaban J connectivity index is 1.74. The van der Waals surface area contributed by atoms with Crippen LogP contribution in [0.3, 0.4) is 0 Å². The van der Waals surface area contributed by atoms with Gasteiger partial charge in [-0.05, 0) is 54.8 Å². The molecule has 23 heavy (non-hydrogen) atoms. The summed E-state index contributed by atoms with van der Waals surface area (Å²) in [4.78, 5) is 13.3. The van der Waals surface area contributed by atoms with Crippen molar-refractivity contribution in [3.63, 3.8) is 0 Å². The summed E-state index contributed by atoms with van der Waals surface area (Å²) in [6.07, 6.45) is 5.52. The topological polar surface area (TPSA) is 46.9 Å². The molecular weight excluding hydrogens is 330 g/mol. The van der Waals surface area contributed by atoms with Crippen molar-refractivity contribution in [2.45, 2.75) is 4.90 Å². The summed E-state index contributed by atoms with van der Waals surface area (Å²) in [5.41, 5.74) is 2.15. The van der Waals surface area contributed by atoms with Crippen LogP contribution in [0.2, 0.25) is 5.02 Å². The van der Waals surface area contributed by atoms with Gasteiger partial charge in [-0.1, -0.05) is 11.6 Å². The largest absolute Gasteiger partial charge is 0.322 e. The van der Waals surface area contributed by atoms with Crippen LogP contribution in [-0.4, -0.2) is 21.9 Å². The molecule has 1 aromatic heterocycles. The first-order chi connectivity index (χ1) is 11.2. The Kier molecular flexibility index (Phi) is 4.69. The maximum atomic E-state index is 12.3. The molecular formula is C17H14ClN3OS.